The molecule has 18 heavy (non-hydrogen) atoms. The lowest BCUT2D eigenvalue weighted by Gasteiger charge is -2.35. The molecule has 1 aromatic carbocycles. The Morgan fingerprint density at radius 1 is 1.28 bits per heavy atom. The van der Waals surface area contributed by atoms with Crippen LogP contribution >= 0.6 is 0 Å². The van der Waals surface area contributed by atoms with Gasteiger partial charge in [0.2, 0.25) is 0 Å². The second kappa shape index (κ2) is 5.85. The average Bonchev–Trinajstić information content (AvgIpc) is 3.23. The minimum absolute atomic E-state index is 0.0824. The van der Waals surface area contributed by atoms with E-state index in [4.69, 9.17) is 5.73 Å². The minimum atomic E-state index is 0.0824. The van der Waals surface area contributed by atoms with Gasteiger partial charge in [0.05, 0.1) is 0 Å². The van der Waals surface area contributed by atoms with Gasteiger partial charge in [0.25, 0.3) is 0 Å². The first-order valence-electron chi connectivity index (χ1n) is 7.19. The van der Waals surface area contributed by atoms with E-state index in [2.05, 4.69) is 49.1 Å². The molecule has 100 valence electrons. The van der Waals surface area contributed by atoms with Gasteiger partial charge in [-0.3, -0.25) is 4.90 Å². The molecule has 0 aromatic heterocycles. The van der Waals surface area contributed by atoms with Crippen LogP contribution in [0.4, 0.5) is 0 Å². The van der Waals surface area contributed by atoms with Crippen molar-refractivity contribution in [1.82, 2.24) is 4.90 Å². The molecule has 0 bridgehead atoms. The zero-order chi connectivity index (χ0) is 13.0. The van der Waals surface area contributed by atoms with Crippen LogP contribution in [-0.2, 0) is 5.41 Å². The van der Waals surface area contributed by atoms with Gasteiger partial charge in [0.1, 0.15) is 0 Å². The van der Waals surface area contributed by atoms with Crippen LogP contribution in [0.25, 0.3) is 0 Å². The Morgan fingerprint density at radius 2 is 1.94 bits per heavy atom. The third-order valence-corrected chi connectivity index (χ3v) is 4.05. The standard InChI is InChI=1S/C16H26N2/c1-3-11-18(15-9-10-15)13-16(2,12-17)14-7-5-4-6-8-14/h4-8,15H,3,9-13,17H2,1-2H3. The van der Waals surface area contributed by atoms with Crippen LogP contribution in [0.3, 0.4) is 0 Å². The molecule has 0 amide bonds. The molecule has 1 atom stereocenters. The van der Waals surface area contributed by atoms with E-state index in [-0.39, 0.29) is 5.41 Å². The van der Waals surface area contributed by atoms with Gasteiger partial charge in [-0.25, -0.2) is 0 Å². The average molecular weight is 246 g/mol. The molecule has 0 radical (unpaired) electrons. The second-order valence-electron chi connectivity index (χ2n) is 5.83. The molecule has 2 nitrogen and oxygen atoms in total. The molecule has 0 heterocycles. The van der Waals surface area contributed by atoms with Crippen LogP contribution in [0.2, 0.25) is 0 Å². The summed E-state index contributed by atoms with van der Waals surface area (Å²) >= 11 is 0. The van der Waals surface area contributed by atoms with Crippen molar-refractivity contribution in [3.05, 3.63) is 35.9 Å². The highest BCUT2D eigenvalue weighted by atomic mass is 15.2. The second-order valence-corrected chi connectivity index (χ2v) is 5.83. The number of hydrogen-bond acceptors (Lipinski definition) is 2. The quantitative estimate of drug-likeness (QED) is 0.801. The van der Waals surface area contributed by atoms with E-state index in [0.29, 0.717) is 6.54 Å². The molecule has 1 aliphatic carbocycles. The Bertz CT molecular complexity index is 359. The Hall–Kier alpha value is -0.860. The number of rotatable bonds is 7. The number of nitrogens with two attached hydrogens (primary N) is 1. The SMILES string of the molecule is CCCN(CC(C)(CN)c1ccccc1)C1CC1. The van der Waals surface area contributed by atoms with E-state index in [1.165, 1.54) is 31.4 Å². The Labute approximate surface area is 111 Å². The summed E-state index contributed by atoms with van der Waals surface area (Å²) in [6.45, 7) is 7.56. The van der Waals surface area contributed by atoms with Crippen molar-refractivity contribution in [2.24, 2.45) is 5.73 Å². The van der Waals surface area contributed by atoms with Crippen LogP contribution in [0, 0.1) is 0 Å². The lowest BCUT2D eigenvalue weighted by Crippen LogP contribution is -2.45. The van der Waals surface area contributed by atoms with Gasteiger partial charge in [-0.2, -0.15) is 0 Å². The summed E-state index contributed by atoms with van der Waals surface area (Å²) in [5, 5.41) is 0. The monoisotopic (exact) mass is 246 g/mol. The normalized spacial score (nSPS) is 18.9. The van der Waals surface area contributed by atoms with Crippen molar-refractivity contribution in [1.29, 1.82) is 0 Å². The molecule has 0 aliphatic heterocycles. The fourth-order valence-corrected chi connectivity index (χ4v) is 2.68. The summed E-state index contributed by atoms with van der Waals surface area (Å²) in [4.78, 5) is 2.64. The number of hydrogen-bond donors (Lipinski definition) is 1. The summed E-state index contributed by atoms with van der Waals surface area (Å²) in [7, 11) is 0. The molecule has 2 rings (SSSR count). The molecular formula is C16H26N2. The highest BCUT2D eigenvalue weighted by Crippen LogP contribution is 2.31. The fraction of sp³-hybridized carbons (Fsp3) is 0.625. The largest absolute Gasteiger partial charge is 0.330 e. The lowest BCUT2D eigenvalue weighted by atomic mass is 9.82. The van der Waals surface area contributed by atoms with E-state index in [1.54, 1.807) is 0 Å². The van der Waals surface area contributed by atoms with Gasteiger partial charge in [0.15, 0.2) is 0 Å². The molecule has 1 aliphatic rings. The maximum Gasteiger partial charge on any atom is 0.0174 e. The van der Waals surface area contributed by atoms with Gasteiger partial charge < -0.3 is 5.73 Å². The van der Waals surface area contributed by atoms with Gasteiger partial charge in [-0.1, -0.05) is 44.2 Å². The van der Waals surface area contributed by atoms with Crippen molar-refractivity contribution in [2.75, 3.05) is 19.6 Å². The first kappa shape index (κ1) is 13.6. The molecule has 1 saturated carbocycles. The van der Waals surface area contributed by atoms with Crippen molar-refractivity contribution < 1.29 is 0 Å². The smallest absolute Gasteiger partial charge is 0.0174 e. The third kappa shape index (κ3) is 3.12. The summed E-state index contributed by atoms with van der Waals surface area (Å²) in [6, 6.07) is 11.5. The Morgan fingerprint density at radius 3 is 2.44 bits per heavy atom. The highest BCUT2D eigenvalue weighted by Gasteiger charge is 2.34. The molecule has 1 aromatic rings. The Kier molecular flexibility index (Phi) is 4.41. The molecule has 1 unspecified atom stereocenters. The maximum absolute atomic E-state index is 6.08. The van der Waals surface area contributed by atoms with Crippen LogP contribution < -0.4 is 5.73 Å². The lowest BCUT2D eigenvalue weighted by molar-refractivity contribution is 0.208. The predicted molar refractivity (Wildman–Crippen MR) is 77.7 cm³/mol. The van der Waals surface area contributed by atoms with Crippen molar-refractivity contribution >= 4 is 0 Å². The molecule has 0 saturated heterocycles. The summed E-state index contributed by atoms with van der Waals surface area (Å²) < 4.78 is 0. The van der Waals surface area contributed by atoms with Crippen molar-refractivity contribution in [3.63, 3.8) is 0 Å². The zero-order valence-corrected chi connectivity index (χ0v) is 11.7. The third-order valence-electron chi connectivity index (χ3n) is 4.05. The van der Waals surface area contributed by atoms with Gasteiger partial charge in [0, 0.05) is 24.5 Å². The topological polar surface area (TPSA) is 29.3 Å². The van der Waals surface area contributed by atoms with Crippen LogP contribution in [0.1, 0.15) is 38.7 Å². The van der Waals surface area contributed by atoms with E-state index in [9.17, 15) is 0 Å². The summed E-state index contributed by atoms with van der Waals surface area (Å²) in [5.41, 5.74) is 7.53. The van der Waals surface area contributed by atoms with Crippen LogP contribution in [-0.4, -0.2) is 30.6 Å². The van der Waals surface area contributed by atoms with Gasteiger partial charge in [-0.05, 0) is 31.4 Å². The van der Waals surface area contributed by atoms with E-state index < -0.39 is 0 Å². The van der Waals surface area contributed by atoms with Crippen molar-refractivity contribution in [3.8, 4) is 0 Å². The van der Waals surface area contributed by atoms with Crippen molar-refractivity contribution in [2.45, 2.75) is 44.6 Å². The van der Waals surface area contributed by atoms with E-state index in [0.717, 1.165) is 12.6 Å². The molecule has 2 heteroatoms. The number of benzene rings is 1. The van der Waals surface area contributed by atoms with Gasteiger partial charge in [-0.15, -0.1) is 0 Å². The molecule has 0 spiro atoms. The maximum atomic E-state index is 6.08. The Balaban J connectivity index is 2.11. The first-order chi connectivity index (χ1) is 8.69. The van der Waals surface area contributed by atoms with E-state index >= 15 is 0 Å². The van der Waals surface area contributed by atoms with Crippen LogP contribution in [0.5, 0.6) is 0 Å². The molecule has 1 fully saturated rings. The first-order valence-corrected chi connectivity index (χ1v) is 7.19. The number of nitrogens with zero attached hydrogens (tertiary/aromatic N) is 1. The van der Waals surface area contributed by atoms with Crippen LogP contribution in [0.15, 0.2) is 30.3 Å². The fourth-order valence-electron chi connectivity index (χ4n) is 2.68. The minimum Gasteiger partial charge on any atom is -0.330 e. The summed E-state index contributed by atoms with van der Waals surface area (Å²) in [5.74, 6) is 0. The summed E-state index contributed by atoms with van der Waals surface area (Å²) in [6.07, 6.45) is 3.97. The zero-order valence-electron chi connectivity index (χ0n) is 11.7. The molecular weight excluding hydrogens is 220 g/mol. The molecule has 2 N–H and O–H groups in total. The van der Waals surface area contributed by atoms with E-state index in [1.807, 2.05) is 0 Å². The van der Waals surface area contributed by atoms with Gasteiger partial charge >= 0.3 is 0 Å². The highest BCUT2D eigenvalue weighted by molar-refractivity contribution is 5.25. The predicted octanol–water partition coefficient (Wildman–Crippen LogP) is 2.78.